The van der Waals surface area contributed by atoms with Gasteiger partial charge >= 0.3 is 0 Å². The van der Waals surface area contributed by atoms with E-state index in [-0.39, 0.29) is 27.5 Å². The number of para-hydroxylation sites is 5. The molecule has 0 spiro atoms. The molecule has 0 fully saturated rings. The van der Waals surface area contributed by atoms with Crippen molar-refractivity contribution in [2.45, 2.75) is 0 Å². The van der Waals surface area contributed by atoms with Gasteiger partial charge in [-0.1, -0.05) is 151 Å². The van der Waals surface area contributed by atoms with Crippen LogP contribution in [0.5, 0.6) is 0 Å². The van der Waals surface area contributed by atoms with Crippen LogP contribution in [0.1, 0.15) is 30.2 Å². The zero-order valence-corrected chi connectivity index (χ0v) is 29.3. The fourth-order valence-corrected chi connectivity index (χ4v) is 7.77. The molecule has 0 aliphatic heterocycles. The largest absolute Gasteiger partial charge is 0.309 e. The Bertz CT molecular complexity index is 4710. The SMILES string of the molecule is [2H]c1c([2H])c([2H])c2c(c1[2H])c1c([2H])c(-n3c4c([2H])c([2H])c([2H])c([2H])c4c4c([2H])c([2H])c([2H])c(-n5c6c([2H])c([2H])c([2H])c([2H])c6c6c([2H])c([2H])c([2H])c([2H])c65)c43)c([2H])c([2H])c1n2-c1cccc(-c2ccc(-c3ccccc3)cc2)c1. The second-order valence-electron chi connectivity index (χ2n) is 13.3. The van der Waals surface area contributed by atoms with Gasteiger partial charge in [0.2, 0.25) is 0 Å². The first-order valence-electron chi connectivity index (χ1n) is 28.8. The second kappa shape index (κ2) is 12.5. The molecule has 266 valence electrons. The first-order chi connectivity index (χ1) is 37.5. The summed E-state index contributed by atoms with van der Waals surface area (Å²) < 4.78 is 206. The number of benzene rings is 9. The molecule has 0 amide bonds. The smallest absolute Gasteiger partial charge is 0.0782 e. The summed E-state index contributed by atoms with van der Waals surface area (Å²) >= 11 is 0. The van der Waals surface area contributed by atoms with Crippen LogP contribution in [0.4, 0.5) is 0 Å². The van der Waals surface area contributed by atoms with E-state index in [1.54, 1.807) is 18.2 Å². The van der Waals surface area contributed by atoms with Crippen LogP contribution in [0, 0.1) is 0 Å². The molecule has 12 rings (SSSR count). The minimum absolute atomic E-state index is 0.199. The number of nitrogens with zero attached hydrogens (tertiary/aromatic N) is 3. The van der Waals surface area contributed by atoms with Gasteiger partial charge < -0.3 is 13.7 Å². The van der Waals surface area contributed by atoms with Gasteiger partial charge in [0.25, 0.3) is 0 Å². The summed E-state index contributed by atoms with van der Waals surface area (Å²) in [6.45, 7) is 0. The van der Waals surface area contributed by atoms with Crippen molar-refractivity contribution in [1.29, 1.82) is 0 Å². The number of rotatable bonds is 5. The average Bonchev–Trinajstić information content (AvgIpc) is 4.31. The van der Waals surface area contributed by atoms with Crippen LogP contribution in [-0.2, 0) is 0 Å². The molecule has 0 aliphatic carbocycles. The van der Waals surface area contributed by atoms with Crippen molar-refractivity contribution < 1.29 is 30.2 Å². The lowest BCUT2D eigenvalue weighted by Crippen LogP contribution is -2.01. The van der Waals surface area contributed by atoms with Crippen molar-refractivity contribution in [1.82, 2.24) is 13.7 Å². The van der Waals surface area contributed by atoms with E-state index < -0.39 is 188 Å². The van der Waals surface area contributed by atoms with Crippen molar-refractivity contribution in [2.24, 2.45) is 0 Å². The molecule has 12 aromatic rings. The van der Waals surface area contributed by atoms with Crippen molar-refractivity contribution in [2.75, 3.05) is 0 Å². The van der Waals surface area contributed by atoms with Crippen LogP contribution in [0.3, 0.4) is 0 Å². The monoisotopic (exact) mass is 747 g/mol. The Balaban J connectivity index is 1.29. The maximum Gasteiger partial charge on any atom is 0.0782 e. The van der Waals surface area contributed by atoms with Crippen molar-refractivity contribution in [3.8, 4) is 39.3 Å². The van der Waals surface area contributed by atoms with Crippen molar-refractivity contribution in [3.05, 3.63) is 212 Å². The molecular formula is C54H35N3. The number of aromatic nitrogens is 3. The molecule has 3 aromatic heterocycles. The van der Waals surface area contributed by atoms with E-state index >= 15 is 0 Å². The predicted molar refractivity (Wildman–Crippen MR) is 240 cm³/mol. The standard InChI is InChI=1S/C54H35N3/c1-2-14-36(15-3-1)37-28-30-38(31-29-37)39-16-12-17-40(34-39)55-48-23-8-7-21-45(48)47-35-41(32-33-52(47)55)56-49-24-9-6-20-44(49)46-22-13-27-53(54(46)56)57-50-25-10-4-18-42(50)43-19-5-11-26-51(43)57/h1-35H/i4D,5D,6D,7D,8D,9D,10D,11D,13D,18D,19D,20D,21D,22D,23D,24D,25D,26D,27D,32D,33D,35D. The highest BCUT2D eigenvalue weighted by Crippen LogP contribution is 2.41. The molecule has 3 heterocycles. The normalized spacial score (nSPS) is 17.3. The van der Waals surface area contributed by atoms with E-state index in [0.717, 1.165) is 25.8 Å². The molecule has 0 bridgehead atoms. The van der Waals surface area contributed by atoms with Gasteiger partial charge in [0.05, 0.1) is 68.9 Å². The molecule has 0 saturated heterocycles. The van der Waals surface area contributed by atoms with E-state index in [1.165, 1.54) is 4.57 Å². The molecule has 0 saturated carbocycles. The van der Waals surface area contributed by atoms with Crippen molar-refractivity contribution >= 4 is 65.4 Å². The third-order valence-electron chi connectivity index (χ3n) is 10.2. The van der Waals surface area contributed by atoms with Gasteiger partial charge in [-0.05, 0) is 82.7 Å². The van der Waals surface area contributed by atoms with Gasteiger partial charge in [0, 0.05) is 43.7 Å². The minimum atomic E-state index is -0.930. The van der Waals surface area contributed by atoms with E-state index in [2.05, 4.69) is 0 Å². The van der Waals surface area contributed by atoms with Crippen LogP contribution in [0.25, 0.3) is 105 Å². The van der Waals surface area contributed by atoms with Crippen LogP contribution >= 0.6 is 0 Å². The van der Waals surface area contributed by atoms with E-state index in [9.17, 15) is 16.4 Å². The zero-order valence-electron chi connectivity index (χ0n) is 51.3. The zero-order chi connectivity index (χ0) is 56.6. The lowest BCUT2D eigenvalue weighted by Gasteiger charge is -2.15. The van der Waals surface area contributed by atoms with Gasteiger partial charge in [-0.3, -0.25) is 0 Å². The quantitative estimate of drug-likeness (QED) is 0.167. The summed E-state index contributed by atoms with van der Waals surface area (Å²) in [4.78, 5) is 0. The van der Waals surface area contributed by atoms with Crippen LogP contribution in [-0.4, -0.2) is 13.7 Å². The number of fused-ring (bicyclic) bond motifs is 9. The highest BCUT2D eigenvalue weighted by atomic mass is 15.1. The lowest BCUT2D eigenvalue weighted by atomic mass is 10.00. The number of hydrogen-bond donors (Lipinski definition) is 0. The summed E-state index contributed by atoms with van der Waals surface area (Å²) in [5, 5.41) is -2.51. The van der Waals surface area contributed by atoms with E-state index in [4.69, 9.17) is 13.7 Å². The van der Waals surface area contributed by atoms with Gasteiger partial charge in [0.15, 0.2) is 0 Å². The Labute approximate surface area is 360 Å². The molecule has 0 radical (unpaired) electrons. The number of hydrogen-bond acceptors (Lipinski definition) is 0. The molecule has 3 heteroatoms. The van der Waals surface area contributed by atoms with Gasteiger partial charge in [-0.25, -0.2) is 0 Å². The molecule has 0 unspecified atom stereocenters. The fourth-order valence-electron chi connectivity index (χ4n) is 7.77. The topological polar surface area (TPSA) is 14.8 Å². The Morgan fingerprint density at radius 2 is 0.807 bits per heavy atom. The van der Waals surface area contributed by atoms with Gasteiger partial charge in [0.1, 0.15) is 0 Å². The highest BCUT2D eigenvalue weighted by Gasteiger charge is 2.21. The Morgan fingerprint density at radius 1 is 0.316 bits per heavy atom. The Morgan fingerprint density at radius 3 is 1.47 bits per heavy atom. The fraction of sp³-hybridized carbons (Fsp3) is 0. The second-order valence-corrected chi connectivity index (χ2v) is 13.3. The summed E-state index contributed by atoms with van der Waals surface area (Å²) in [7, 11) is 0. The van der Waals surface area contributed by atoms with Crippen LogP contribution < -0.4 is 0 Å². The first kappa shape index (κ1) is 17.0. The maximum atomic E-state index is 10.3. The predicted octanol–water partition coefficient (Wildman–Crippen LogP) is 14.3. The molecule has 57 heavy (non-hydrogen) atoms. The molecule has 0 N–H and O–H groups in total. The van der Waals surface area contributed by atoms with Gasteiger partial charge in [-0.2, -0.15) is 0 Å². The van der Waals surface area contributed by atoms with E-state index in [0.29, 0.717) is 5.56 Å². The summed E-state index contributed by atoms with van der Waals surface area (Å²) in [5.41, 5.74) is -0.469. The molecule has 0 aliphatic rings. The first-order valence-corrected chi connectivity index (χ1v) is 17.8. The van der Waals surface area contributed by atoms with E-state index in [1.807, 2.05) is 60.7 Å². The molecule has 9 aromatic carbocycles. The summed E-state index contributed by atoms with van der Waals surface area (Å²) in [6.07, 6.45) is 0. The highest BCUT2D eigenvalue weighted by molar-refractivity contribution is 6.16. The Kier molecular flexibility index (Phi) is 3.72. The molecule has 3 nitrogen and oxygen atoms in total. The lowest BCUT2D eigenvalue weighted by molar-refractivity contribution is 1.13. The van der Waals surface area contributed by atoms with Crippen LogP contribution in [0.2, 0.25) is 0 Å². The average molecular weight is 748 g/mol. The van der Waals surface area contributed by atoms with Crippen LogP contribution in [0.15, 0.2) is 212 Å². The molecule has 0 atom stereocenters. The third-order valence-corrected chi connectivity index (χ3v) is 10.2. The summed E-state index contributed by atoms with van der Waals surface area (Å²) in [6, 6.07) is 6.86. The third kappa shape index (κ3) is 4.79. The Hall–Kier alpha value is -7.62. The maximum absolute atomic E-state index is 10.3. The molecular weight excluding hydrogens is 691 g/mol. The van der Waals surface area contributed by atoms with Crippen molar-refractivity contribution in [3.63, 3.8) is 0 Å². The van der Waals surface area contributed by atoms with Gasteiger partial charge in [-0.15, -0.1) is 0 Å². The minimum Gasteiger partial charge on any atom is -0.309 e. The summed E-state index contributed by atoms with van der Waals surface area (Å²) in [5.74, 6) is 0.